The van der Waals surface area contributed by atoms with Crippen LogP contribution < -0.4 is 0 Å². The van der Waals surface area contributed by atoms with Crippen molar-refractivity contribution < 1.29 is 12.8 Å². The molecule has 0 unspecified atom stereocenters. The molecule has 4 aromatic rings. The Morgan fingerprint density at radius 1 is 1.19 bits per heavy atom. The first kappa shape index (κ1) is 19.8. The van der Waals surface area contributed by atoms with Crippen molar-refractivity contribution in [2.24, 2.45) is 0 Å². The minimum Gasteiger partial charge on any atom is -0.419 e. The van der Waals surface area contributed by atoms with Gasteiger partial charge >= 0.3 is 0 Å². The Kier molecular flexibility index (Phi) is 5.03. The lowest BCUT2D eigenvalue weighted by atomic mass is 10.00. The fraction of sp³-hybridized carbons (Fsp3) is 0.333. The van der Waals surface area contributed by atoms with Gasteiger partial charge in [-0.1, -0.05) is 24.3 Å². The van der Waals surface area contributed by atoms with Crippen LogP contribution in [0.4, 0.5) is 0 Å². The molecule has 1 aliphatic heterocycles. The topological polar surface area (TPSA) is 107 Å². The normalized spacial score (nSPS) is 17.9. The molecule has 0 N–H and O–H groups in total. The summed E-state index contributed by atoms with van der Waals surface area (Å²) in [6.45, 7) is 3.29. The molecule has 0 spiro atoms. The zero-order valence-corrected chi connectivity index (χ0v) is 17.9. The first-order chi connectivity index (χ1) is 15.1. The second kappa shape index (κ2) is 7.86. The highest BCUT2D eigenvalue weighted by molar-refractivity contribution is 7.89. The highest BCUT2D eigenvalue weighted by Crippen LogP contribution is 2.32. The molecule has 0 radical (unpaired) electrons. The summed E-state index contributed by atoms with van der Waals surface area (Å²) < 4.78 is 35.2. The maximum absolute atomic E-state index is 13.1. The van der Waals surface area contributed by atoms with Gasteiger partial charge in [0.2, 0.25) is 15.9 Å². The van der Waals surface area contributed by atoms with Crippen molar-refractivity contribution in [1.29, 1.82) is 0 Å². The van der Waals surface area contributed by atoms with Crippen molar-refractivity contribution in [1.82, 2.24) is 29.3 Å². The van der Waals surface area contributed by atoms with E-state index in [0.717, 1.165) is 23.6 Å². The summed E-state index contributed by atoms with van der Waals surface area (Å²) >= 11 is 0. The van der Waals surface area contributed by atoms with Gasteiger partial charge in [0.1, 0.15) is 10.6 Å². The standard InChI is InChI=1S/C21H22N6O3S/c1-2-26-14-17(12-23-26)31(28,29)27-11-5-7-16(13-27)20-24-25-21(30-20)19-18-8-4-3-6-15(18)9-10-22-19/h3-4,6,8-10,12,14,16H,2,5,7,11,13H2,1H3/t16-/m1/s1. The van der Waals surface area contributed by atoms with Crippen LogP contribution in [-0.2, 0) is 16.6 Å². The Labute approximate surface area is 179 Å². The molecular formula is C21H22N6O3S. The first-order valence-electron chi connectivity index (χ1n) is 10.3. The fourth-order valence-corrected chi connectivity index (χ4v) is 5.43. The lowest BCUT2D eigenvalue weighted by Gasteiger charge is -2.29. The zero-order chi connectivity index (χ0) is 21.4. The number of nitrogens with zero attached hydrogens (tertiary/aromatic N) is 6. The Hall–Kier alpha value is -3.11. The smallest absolute Gasteiger partial charge is 0.266 e. The molecule has 1 fully saturated rings. The lowest BCUT2D eigenvalue weighted by molar-refractivity contribution is 0.286. The van der Waals surface area contributed by atoms with Gasteiger partial charge in [0.25, 0.3) is 5.89 Å². The number of hydrogen-bond donors (Lipinski definition) is 0. The van der Waals surface area contributed by atoms with E-state index < -0.39 is 10.0 Å². The van der Waals surface area contributed by atoms with Crippen molar-refractivity contribution in [3.63, 3.8) is 0 Å². The average Bonchev–Trinajstić information content (AvgIpc) is 3.49. The number of sulfonamides is 1. The molecular weight excluding hydrogens is 416 g/mol. The van der Waals surface area contributed by atoms with Crippen molar-refractivity contribution >= 4 is 20.8 Å². The van der Waals surface area contributed by atoms with E-state index in [1.165, 1.54) is 10.5 Å². The minimum absolute atomic E-state index is 0.166. The molecule has 1 aromatic carbocycles. The fourth-order valence-electron chi connectivity index (χ4n) is 3.95. The summed E-state index contributed by atoms with van der Waals surface area (Å²) in [6, 6.07) is 9.80. The molecule has 4 heterocycles. The predicted octanol–water partition coefficient (Wildman–Crippen LogP) is 3.07. The van der Waals surface area contributed by atoms with Gasteiger partial charge in [0, 0.05) is 37.4 Å². The number of aromatic nitrogens is 5. The third-order valence-electron chi connectivity index (χ3n) is 5.62. The number of rotatable bonds is 5. The van der Waals surface area contributed by atoms with Gasteiger partial charge in [-0.25, -0.2) is 8.42 Å². The molecule has 9 nitrogen and oxygen atoms in total. The summed E-state index contributed by atoms with van der Waals surface area (Å²) in [6.07, 6.45) is 6.18. The predicted molar refractivity (Wildman–Crippen MR) is 114 cm³/mol. The minimum atomic E-state index is -3.62. The third kappa shape index (κ3) is 3.61. The van der Waals surface area contributed by atoms with E-state index in [4.69, 9.17) is 4.42 Å². The van der Waals surface area contributed by atoms with E-state index >= 15 is 0 Å². The number of pyridine rings is 1. The maximum Gasteiger partial charge on any atom is 0.266 e. The van der Waals surface area contributed by atoms with Crippen molar-refractivity contribution in [2.75, 3.05) is 13.1 Å². The second-order valence-corrected chi connectivity index (χ2v) is 9.50. The SMILES string of the molecule is CCn1cc(S(=O)(=O)N2CCC[C@@H](c3nnc(-c4nccc5ccccc45)o3)C2)cn1. The Morgan fingerprint density at radius 2 is 2.06 bits per heavy atom. The molecule has 0 saturated carbocycles. The zero-order valence-electron chi connectivity index (χ0n) is 17.0. The Morgan fingerprint density at radius 3 is 2.90 bits per heavy atom. The van der Waals surface area contributed by atoms with Crippen LogP contribution in [0.15, 0.2) is 58.2 Å². The van der Waals surface area contributed by atoms with Crippen LogP contribution in [-0.4, -0.2) is 50.8 Å². The van der Waals surface area contributed by atoms with Crippen LogP contribution >= 0.6 is 0 Å². The van der Waals surface area contributed by atoms with Crippen LogP contribution in [0.2, 0.25) is 0 Å². The second-order valence-electron chi connectivity index (χ2n) is 7.56. The number of aryl methyl sites for hydroxylation is 1. The Balaban J connectivity index is 1.41. The average molecular weight is 439 g/mol. The van der Waals surface area contributed by atoms with Gasteiger partial charge in [-0.3, -0.25) is 9.67 Å². The molecule has 0 bridgehead atoms. The molecule has 10 heteroatoms. The molecule has 1 atom stereocenters. The van der Waals surface area contributed by atoms with Gasteiger partial charge in [-0.15, -0.1) is 10.2 Å². The van der Waals surface area contributed by atoms with Crippen molar-refractivity contribution in [3.8, 4) is 11.6 Å². The summed E-state index contributed by atoms with van der Waals surface area (Å²) in [5, 5.41) is 14.5. The molecule has 1 saturated heterocycles. The summed E-state index contributed by atoms with van der Waals surface area (Å²) in [5.41, 5.74) is 0.629. The van der Waals surface area contributed by atoms with Crippen LogP contribution in [0, 0.1) is 0 Å². The molecule has 160 valence electrons. The third-order valence-corrected chi connectivity index (χ3v) is 7.44. The van der Waals surface area contributed by atoms with Crippen molar-refractivity contribution in [2.45, 2.75) is 37.1 Å². The Bertz CT molecular complexity index is 1320. The molecule has 31 heavy (non-hydrogen) atoms. The number of hydrogen-bond acceptors (Lipinski definition) is 7. The molecule has 1 aliphatic rings. The summed E-state index contributed by atoms with van der Waals surface area (Å²) in [5.74, 6) is 0.617. The van der Waals surface area contributed by atoms with Gasteiger partial charge in [-0.2, -0.15) is 9.40 Å². The quantitative estimate of drug-likeness (QED) is 0.471. The van der Waals surface area contributed by atoms with E-state index in [0.29, 0.717) is 37.1 Å². The monoisotopic (exact) mass is 438 g/mol. The molecule has 3 aromatic heterocycles. The van der Waals surface area contributed by atoms with E-state index in [1.54, 1.807) is 17.1 Å². The largest absolute Gasteiger partial charge is 0.419 e. The molecule has 5 rings (SSSR count). The lowest BCUT2D eigenvalue weighted by Crippen LogP contribution is -2.39. The van der Waals surface area contributed by atoms with Gasteiger partial charge in [-0.05, 0) is 31.2 Å². The van der Waals surface area contributed by atoms with Crippen molar-refractivity contribution in [3.05, 3.63) is 54.8 Å². The van der Waals surface area contributed by atoms with Crippen LogP contribution in [0.5, 0.6) is 0 Å². The summed E-state index contributed by atoms with van der Waals surface area (Å²) in [4.78, 5) is 4.64. The molecule has 0 amide bonds. The maximum atomic E-state index is 13.1. The van der Waals surface area contributed by atoms with Gasteiger partial charge in [0.15, 0.2) is 0 Å². The van der Waals surface area contributed by atoms with E-state index in [1.807, 2.05) is 37.3 Å². The molecule has 0 aliphatic carbocycles. The summed E-state index contributed by atoms with van der Waals surface area (Å²) in [7, 11) is -3.62. The van der Waals surface area contributed by atoms with Gasteiger partial charge < -0.3 is 4.42 Å². The number of piperidine rings is 1. The van der Waals surface area contributed by atoms with Crippen LogP contribution in [0.1, 0.15) is 31.6 Å². The highest BCUT2D eigenvalue weighted by atomic mass is 32.2. The van der Waals surface area contributed by atoms with Crippen LogP contribution in [0.25, 0.3) is 22.4 Å². The first-order valence-corrected chi connectivity index (χ1v) is 11.7. The van der Waals surface area contributed by atoms with E-state index in [9.17, 15) is 8.42 Å². The number of fused-ring (bicyclic) bond motifs is 1. The number of benzene rings is 1. The van der Waals surface area contributed by atoms with E-state index in [2.05, 4.69) is 20.3 Å². The van der Waals surface area contributed by atoms with E-state index in [-0.39, 0.29) is 10.8 Å². The van der Waals surface area contributed by atoms with Gasteiger partial charge in [0.05, 0.1) is 12.1 Å². The van der Waals surface area contributed by atoms with Crippen LogP contribution in [0.3, 0.4) is 0 Å². The highest BCUT2D eigenvalue weighted by Gasteiger charge is 2.34.